The largest absolute Gasteiger partial charge is 0.480 e. The van der Waals surface area contributed by atoms with Gasteiger partial charge in [-0.25, -0.2) is 14.4 Å². The summed E-state index contributed by atoms with van der Waals surface area (Å²) in [6.45, 7) is 0.308. The van der Waals surface area contributed by atoms with Crippen molar-refractivity contribution < 1.29 is 19.5 Å². The molecule has 0 spiro atoms. The van der Waals surface area contributed by atoms with Crippen LogP contribution in [0.15, 0.2) is 84.9 Å². The van der Waals surface area contributed by atoms with Crippen LogP contribution in [-0.2, 0) is 4.79 Å². The fourth-order valence-electron chi connectivity index (χ4n) is 6.43. The molecule has 0 aromatic heterocycles. The Morgan fingerprint density at radius 1 is 0.769 bits per heavy atom. The van der Waals surface area contributed by atoms with Gasteiger partial charge in [0.2, 0.25) is 0 Å². The van der Waals surface area contributed by atoms with Crippen LogP contribution in [0.2, 0.25) is 0 Å². The van der Waals surface area contributed by atoms with Gasteiger partial charge in [-0.05, 0) is 48.7 Å². The summed E-state index contributed by atoms with van der Waals surface area (Å²) in [5, 5.41) is 10.2. The molecule has 3 aromatic carbocycles. The number of urea groups is 2. The zero-order valence-electron chi connectivity index (χ0n) is 21.7. The van der Waals surface area contributed by atoms with Crippen molar-refractivity contribution >= 4 is 35.1 Å². The van der Waals surface area contributed by atoms with Crippen LogP contribution in [-0.4, -0.2) is 64.7 Å². The highest BCUT2D eigenvalue weighted by Crippen LogP contribution is 2.48. The van der Waals surface area contributed by atoms with Crippen LogP contribution in [0.5, 0.6) is 0 Å². The number of carboxylic acids is 1. The minimum absolute atomic E-state index is 0.0457. The van der Waals surface area contributed by atoms with Gasteiger partial charge in [0.25, 0.3) is 0 Å². The Morgan fingerprint density at radius 2 is 1.38 bits per heavy atom. The van der Waals surface area contributed by atoms with Gasteiger partial charge in [0.1, 0.15) is 6.04 Å². The highest BCUT2D eigenvalue weighted by Gasteiger charge is 2.47. The Balaban J connectivity index is 1.27. The van der Waals surface area contributed by atoms with E-state index in [1.54, 1.807) is 9.80 Å². The van der Waals surface area contributed by atoms with Gasteiger partial charge in [0, 0.05) is 30.7 Å². The molecule has 4 amide bonds. The van der Waals surface area contributed by atoms with Gasteiger partial charge in [-0.15, -0.1) is 0 Å². The molecule has 1 saturated carbocycles. The molecule has 3 aromatic rings. The summed E-state index contributed by atoms with van der Waals surface area (Å²) in [7, 11) is 0. The van der Waals surface area contributed by atoms with E-state index in [1.807, 2.05) is 83.8 Å². The van der Waals surface area contributed by atoms with Crippen molar-refractivity contribution in [2.45, 2.75) is 43.7 Å². The molecule has 2 aliphatic heterocycles. The Kier molecular flexibility index (Phi) is 6.69. The van der Waals surface area contributed by atoms with Gasteiger partial charge in [0.05, 0.1) is 17.9 Å². The number of anilines is 3. The lowest BCUT2D eigenvalue weighted by Crippen LogP contribution is -2.63. The molecule has 8 nitrogen and oxygen atoms in total. The number of carbonyl (C=O) groups is 3. The number of amides is 4. The fraction of sp³-hybridized carbons (Fsp3) is 0.323. The lowest BCUT2D eigenvalue weighted by Gasteiger charge is -2.43. The third-order valence-electron chi connectivity index (χ3n) is 8.26. The van der Waals surface area contributed by atoms with Gasteiger partial charge in [-0.2, -0.15) is 0 Å². The Labute approximate surface area is 228 Å². The number of carboxylic acid groups (broad SMARTS) is 1. The third kappa shape index (κ3) is 4.50. The van der Waals surface area contributed by atoms with E-state index in [0.717, 1.165) is 31.4 Å². The molecule has 1 saturated heterocycles. The predicted molar refractivity (Wildman–Crippen MR) is 149 cm³/mol. The van der Waals surface area contributed by atoms with Crippen molar-refractivity contribution in [3.05, 3.63) is 90.5 Å². The van der Waals surface area contributed by atoms with Crippen molar-refractivity contribution in [3.63, 3.8) is 0 Å². The minimum atomic E-state index is -1.14. The lowest BCUT2D eigenvalue weighted by molar-refractivity contribution is -0.143. The zero-order valence-corrected chi connectivity index (χ0v) is 21.7. The van der Waals surface area contributed by atoms with Crippen molar-refractivity contribution in [2.24, 2.45) is 0 Å². The van der Waals surface area contributed by atoms with Crippen LogP contribution < -0.4 is 9.80 Å². The van der Waals surface area contributed by atoms with E-state index in [4.69, 9.17) is 0 Å². The molecule has 1 N–H and O–H groups in total. The number of aliphatic carboxylic acids is 1. The SMILES string of the molecule is O=C(O)[C@@H]1CN(C(=O)N(c2ccccc2)c2ccccc2)CCN1C(=O)N1c2ccccc2C2CCCCC21. The molecule has 8 heteroatoms. The minimum Gasteiger partial charge on any atom is -0.480 e. The number of benzene rings is 3. The van der Waals surface area contributed by atoms with Gasteiger partial charge < -0.3 is 14.9 Å². The first-order valence-electron chi connectivity index (χ1n) is 13.7. The number of piperazine rings is 1. The third-order valence-corrected chi connectivity index (χ3v) is 8.26. The highest BCUT2D eigenvalue weighted by atomic mass is 16.4. The first-order valence-corrected chi connectivity index (χ1v) is 13.7. The molecule has 0 bridgehead atoms. The number of fused-ring (bicyclic) bond motifs is 3. The number of carbonyl (C=O) groups excluding carboxylic acids is 2. The normalized spacial score (nSPS) is 22.2. The van der Waals surface area contributed by atoms with Crippen molar-refractivity contribution in [1.82, 2.24) is 9.80 Å². The van der Waals surface area contributed by atoms with Crippen LogP contribution in [0.1, 0.15) is 37.2 Å². The van der Waals surface area contributed by atoms with Crippen LogP contribution in [0, 0.1) is 0 Å². The van der Waals surface area contributed by atoms with Gasteiger partial charge in [-0.1, -0.05) is 67.4 Å². The number of para-hydroxylation sites is 3. The average Bonchev–Trinajstić information content (AvgIpc) is 3.32. The van der Waals surface area contributed by atoms with Crippen LogP contribution in [0.4, 0.5) is 26.7 Å². The van der Waals surface area contributed by atoms with E-state index in [0.29, 0.717) is 11.4 Å². The van der Waals surface area contributed by atoms with Gasteiger partial charge in [-0.3, -0.25) is 9.80 Å². The summed E-state index contributed by atoms with van der Waals surface area (Å²) in [4.78, 5) is 46.9. The second-order valence-corrected chi connectivity index (χ2v) is 10.5. The van der Waals surface area contributed by atoms with Gasteiger partial charge in [0.15, 0.2) is 0 Å². The first kappa shape index (κ1) is 25.0. The second kappa shape index (κ2) is 10.4. The number of rotatable bonds is 3. The van der Waals surface area contributed by atoms with Gasteiger partial charge >= 0.3 is 18.0 Å². The van der Waals surface area contributed by atoms with Crippen molar-refractivity contribution in [2.75, 3.05) is 29.4 Å². The maximum atomic E-state index is 14.1. The maximum Gasteiger partial charge on any atom is 0.329 e. The zero-order chi connectivity index (χ0) is 26.9. The summed E-state index contributed by atoms with van der Waals surface area (Å²) >= 11 is 0. The molecule has 3 aliphatic rings. The Morgan fingerprint density at radius 3 is 2.05 bits per heavy atom. The van der Waals surface area contributed by atoms with E-state index in [-0.39, 0.29) is 43.7 Å². The van der Waals surface area contributed by atoms with E-state index < -0.39 is 12.0 Å². The molecule has 2 fully saturated rings. The molecule has 39 heavy (non-hydrogen) atoms. The van der Waals surface area contributed by atoms with E-state index >= 15 is 0 Å². The molecule has 2 unspecified atom stereocenters. The monoisotopic (exact) mass is 524 g/mol. The molecule has 0 radical (unpaired) electrons. The van der Waals surface area contributed by atoms with Crippen LogP contribution in [0.25, 0.3) is 0 Å². The molecule has 6 rings (SSSR count). The second-order valence-electron chi connectivity index (χ2n) is 10.5. The smallest absolute Gasteiger partial charge is 0.329 e. The summed E-state index contributed by atoms with van der Waals surface area (Å²) < 4.78 is 0. The molecular weight excluding hydrogens is 492 g/mol. The molecular formula is C31H32N4O4. The summed E-state index contributed by atoms with van der Waals surface area (Å²) in [5.41, 5.74) is 3.45. The molecule has 3 atom stereocenters. The summed E-state index contributed by atoms with van der Waals surface area (Å²) in [6.07, 6.45) is 4.13. The topological polar surface area (TPSA) is 84.4 Å². The Hall–Kier alpha value is -4.33. The number of hydrogen-bond donors (Lipinski definition) is 1. The predicted octanol–water partition coefficient (Wildman–Crippen LogP) is 5.68. The van der Waals surface area contributed by atoms with E-state index in [2.05, 4.69) is 6.07 Å². The highest BCUT2D eigenvalue weighted by molar-refractivity contribution is 6.01. The summed E-state index contributed by atoms with van der Waals surface area (Å²) in [5.74, 6) is -0.824. The van der Waals surface area contributed by atoms with Crippen molar-refractivity contribution in [3.8, 4) is 0 Å². The first-order chi connectivity index (χ1) is 19.0. The lowest BCUT2D eigenvalue weighted by atomic mass is 9.82. The molecule has 1 aliphatic carbocycles. The Bertz CT molecular complexity index is 1330. The van der Waals surface area contributed by atoms with E-state index in [9.17, 15) is 19.5 Å². The van der Waals surface area contributed by atoms with Crippen LogP contribution >= 0.6 is 0 Å². The van der Waals surface area contributed by atoms with E-state index in [1.165, 1.54) is 10.5 Å². The average molecular weight is 525 g/mol. The van der Waals surface area contributed by atoms with Crippen molar-refractivity contribution in [1.29, 1.82) is 0 Å². The molecule has 2 heterocycles. The number of hydrogen-bond acceptors (Lipinski definition) is 3. The number of nitrogens with zero attached hydrogens (tertiary/aromatic N) is 4. The fourth-order valence-corrected chi connectivity index (χ4v) is 6.43. The molecule has 200 valence electrons. The standard InChI is InChI=1S/C31H32N4O4/c36-29(37)28-21-32(30(38)34(22-11-3-1-4-12-22)23-13-5-2-6-14-23)19-20-33(28)31(39)35-26-17-9-7-15-24(26)25-16-8-10-18-27(25)35/h1-7,9,11-15,17,25,27-28H,8,10,16,18-21H2,(H,36,37)/t25?,27?,28-/m0/s1. The summed E-state index contributed by atoms with van der Waals surface area (Å²) in [6, 6.07) is 24.9. The maximum absolute atomic E-state index is 14.1. The van der Waals surface area contributed by atoms with Crippen LogP contribution in [0.3, 0.4) is 0 Å². The quantitative estimate of drug-likeness (QED) is 0.478.